The van der Waals surface area contributed by atoms with Crippen LogP contribution in [0.2, 0.25) is 0 Å². The molecule has 0 aliphatic carbocycles. The summed E-state index contributed by atoms with van der Waals surface area (Å²) in [6.07, 6.45) is 3.83. The van der Waals surface area contributed by atoms with Crippen molar-refractivity contribution in [2.45, 2.75) is 64.6 Å². The molecule has 0 unspecified atom stereocenters. The number of phenolic OH excluding ortho intramolecular Hbond substituents is 1. The zero-order valence-corrected chi connectivity index (χ0v) is 12.0. The van der Waals surface area contributed by atoms with E-state index in [4.69, 9.17) is 0 Å². The maximum atomic E-state index is 9.35. The molecular formula is C16H25NO. The molecule has 1 N–H and O–H groups in total. The number of hydrogen-bond acceptors (Lipinski definition) is 2. The van der Waals surface area contributed by atoms with Crippen molar-refractivity contribution in [3.05, 3.63) is 29.8 Å². The van der Waals surface area contributed by atoms with Gasteiger partial charge in [0.25, 0.3) is 0 Å². The Morgan fingerprint density at radius 1 is 1.00 bits per heavy atom. The lowest BCUT2D eigenvalue weighted by molar-refractivity contribution is -0.0340. The largest absolute Gasteiger partial charge is 0.508 e. The molecule has 18 heavy (non-hydrogen) atoms. The highest BCUT2D eigenvalue weighted by Crippen LogP contribution is 2.39. The van der Waals surface area contributed by atoms with E-state index in [1.807, 2.05) is 12.1 Å². The lowest BCUT2D eigenvalue weighted by Crippen LogP contribution is -2.57. The molecule has 0 radical (unpaired) electrons. The third-order valence-electron chi connectivity index (χ3n) is 4.32. The zero-order chi connectivity index (χ0) is 13.4. The summed E-state index contributed by atoms with van der Waals surface area (Å²) in [4.78, 5) is 2.61. The number of aromatic hydroxyl groups is 1. The molecule has 0 spiro atoms. The maximum Gasteiger partial charge on any atom is 0.115 e. The molecule has 1 heterocycles. The van der Waals surface area contributed by atoms with E-state index in [0.717, 1.165) is 6.54 Å². The normalized spacial score (nSPS) is 22.9. The first kappa shape index (κ1) is 13.4. The van der Waals surface area contributed by atoms with Gasteiger partial charge in [0.1, 0.15) is 5.75 Å². The summed E-state index contributed by atoms with van der Waals surface area (Å²) in [5, 5.41) is 9.35. The van der Waals surface area contributed by atoms with Crippen LogP contribution in [-0.2, 0) is 6.54 Å². The second-order valence-corrected chi connectivity index (χ2v) is 6.73. The van der Waals surface area contributed by atoms with Crippen molar-refractivity contribution >= 4 is 0 Å². The quantitative estimate of drug-likeness (QED) is 0.855. The standard InChI is InChI=1S/C16H25NO/c1-15(2)10-5-11-16(3,4)17(15)12-13-6-8-14(18)9-7-13/h6-9,18H,5,10-12H2,1-4H3. The van der Waals surface area contributed by atoms with E-state index in [2.05, 4.69) is 32.6 Å². The van der Waals surface area contributed by atoms with Gasteiger partial charge in [-0.15, -0.1) is 0 Å². The molecule has 1 aromatic rings. The summed E-state index contributed by atoms with van der Waals surface area (Å²) < 4.78 is 0. The molecular weight excluding hydrogens is 222 g/mol. The average Bonchev–Trinajstić information content (AvgIpc) is 2.25. The van der Waals surface area contributed by atoms with Crippen molar-refractivity contribution in [3.63, 3.8) is 0 Å². The van der Waals surface area contributed by atoms with E-state index >= 15 is 0 Å². The van der Waals surface area contributed by atoms with Crippen LogP contribution in [-0.4, -0.2) is 21.1 Å². The van der Waals surface area contributed by atoms with Crippen molar-refractivity contribution in [2.75, 3.05) is 0 Å². The first-order valence-corrected chi connectivity index (χ1v) is 6.87. The Balaban J connectivity index is 2.21. The van der Waals surface area contributed by atoms with Gasteiger partial charge < -0.3 is 5.11 Å². The summed E-state index contributed by atoms with van der Waals surface area (Å²) in [5.41, 5.74) is 1.77. The van der Waals surface area contributed by atoms with Gasteiger partial charge in [0.05, 0.1) is 0 Å². The molecule has 0 amide bonds. The van der Waals surface area contributed by atoms with Crippen molar-refractivity contribution in [1.29, 1.82) is 0 Å². The Morgan fingerprint density at radius 2 is 1.50 bits per heavy atom. The molecule has 2 rings (SSSR count). The monoisotopic (exact) mass is 247 g/mol. The molecule has 0 saturated carbocycles. The number of likely N-dealkylation sites (tertiary alicyclic amines) is 1. The van der Waals surface area contributed by atoms with Gasteiger partial charge in [-0.05, 0) is 64.7 Å². The van der Waals surface area contributed by atoms with E-state index in [0.29, 0.717) is 5.75 Å². The molecule has 100 valence electrons. The van der Waals surface area contributed by atoms with Gasteiger partial charge in [0.2, 0.25) is 0 Å². The summed E-state index contributed by atoms with van der Waals surface area (Å²) in [6, 6.07) is 7.60. The number of benzene rings is 1. The Bertz CT molecular complexity index is 390. The fourth-order valence-electron chi connectivity index (χ4n) is 3.25. The van der Waals surface area contributed by atoms with Crippen LogP contribution in [0.4, 0.5) is 0 Å². The summed E-state index contributed by atoms with van der Waals surface area (Å²) in [5.74, 6) is 0.343. The van der Waals surface area contributed by atoms with Crippen LogP contribution >= 0.6 is 0 Å². The van der Waals surface area contributed by atoms with E-state index in [1.165, 1.54) is 24.8 Å². The Morgan fingerprint density at radius 3 is 2.00 bits per heavy atom. The third kappa shape index (κ3) is 2.69. The van der Waals surface area contributed by atoms with Crippen molar-refractivity contribution < 1.29 is 5.11 Å². The van der Waals surface area contributed by atoms with E-state index in [9.17, 15) is 5.11 Å². The fourth-order valence-corrected chi connectivity index (χ4v) is 3.25. The maximum absolute atomic E-state index is 9.35. The van der Waals surface area contributed by atoms with Crippen LogP contribution in [0.3, 0.4) is 0 Å². The highest BCUT2D eigenvalue weighted by Gasteiger charge is 2.40. The third-order valence-corrected chi connectivity index (χ3v) is 4.32. The SMILES string of the molecule is CC1(C)CCCC(C)(C)N1Cc1ccc(O)cc1. The van der Waals surface area contributed by atoms with Gasteiger partial charge in [-0.25, -0.2) is 0 Å². The van der Waals surface area contributed by atoms with Gasteiger partial charge in [0.15, 0.2) is 0 Å². The Labute approximate surface area is 111 Å². The summed E-state index contributed by atoms with van der Waals surface area (Å²) in [6.45, 7) is 10.3. The van der Waals surface area contributed by atoms with Crippen LogP contribution in [0.5, 0.6) is 5.75 Å². The molecule has 1 aliphatic rings. The van der Waals surface area contributed by atoms with Crippen LogP contribution in [0.15, 0.2) is 24.3 Å². The molecule has 2 nitrogen and oxygen atoms in total. The minimum Gasteiger partial charge on any atom is -0.508 e. The number of nitrogens with zero attached hydrogens (tertiary/aromatic N) is 1. The average molecular weight is 247 g/mol. The minimum atomic E-state index is 0.250. The number of phenols is 1. The number of rotatable bonds is 2. The summed E-state index contributed by atoms with van der Waals surface area (Å²) in [7, 11) is 0. The van der Waals surface area contributed by atoms with Crippen molar-refractivity contribution in [2.24, 2.45) is 0 Å². The molecule has 2 heteroatoms. The Hall–Kier alpha value is -1.02. The predicted octanol–water partition coefficient (Wildman–Crippen LogP) is 3.94. The molecule has 1 aromatic carbocycles. The van der Waals surface area contributed by atoms with E-state index in [-0.39, 0.29) is 11.1 Å². The Kier molecular flexibility index (Phi) is 3.41. The topological polar surface area (TPSA) is 23.5 Å². The smallest absolute Gasteiger partial charge is 0.115 e. The number of hydrogen-bond donors (Lipinski definition) is 1. The highest BCUT2D eigenvalue weighted by atomic mass is 16.3. The van der Waals surface area contributed by atoms with Crippen LogP contribution in [0.1, 0.15) is 52.5 Å². The van der Waals surface area contributed by atoms with Crippen molar-refractivity contribution in [1.82, 2.24) is 4.90 Å². The first-order chi connectivity index (χ1) is 8.31. The van der Waals surface area contributed by atoms with Gasteiger partial charge in [-0.1, -0.05) is 12.1 Å². The fraction of sp³-hybridized carbons (Fsp3) is 0.625. The molecule has 1 aliphatic heterocycles. The van der Waals surface area contributed by atoms with Crippen LogP contribution < -0.4 is 0 Å². The number of piperidine rings is 1. The first-order valence-electron chi connectivity index (χ1n) is 6.87. The highest BCUT2D eigenvalue weighted by molar-refractivity contribution is 5.26. The molecule has 1 saturated heterocycles. The van der Waals surface area contributed by atoms with Crippen molar-refractivity contribution in [3.8, 4) is 5.75 Å². The van der Waals surface area contributed by atoms with Crippen LogP contribution in [0, 0.1) is 0 Å². The van der Waals surface area contributed by atoms with Crippen LogP contribution in [0.25, 0.3) is 0 Å². The van der Waals surface area contributed by atoms with E-state index < -0.39 is 0 Å². The molecule has 0 bridgehead atoms. The summed E-state index contributed by atoms with van der Waals surface area (Å²) >= 11 is 0. The zero-order valence-electron chi connectivity index (χ0n) is 12.0. The molecule has 0 atom stereocenters. The lowest BCUT2D eigenvalue weighted by atomic mass is 9.79. The van der Waals surface area contributed by atoms with Gasteiger partial charge in [0, 0.05) is 17.6 Å². The molecule has 0 aromatic heterocycles. The predicted molar refractivity (Wildman–Crippen MR) is 75.7 cm³/mol. The second kappa shape index (κ2) is 4.58. The van der Waals surface area contributed by atoms with Gasteiger partial charge >= 0.3 is 0 Å². The lowest BCUT2D eigenvalue weighted by Gasteiger charge is -2.53. The molecule has 1 fully saturated rings. The van der Waals surface area contributed by atoms with E-state index in [1.54, 1.807) is 12.1 Å². The van der Waals surface area contributed by atoms with Gasteiger partial charge in [-0.3, -0.25) is 4.90 Å². The minimum absolute atomic E-state index is 0.250. The van der Waals surface area contributed by atoms with Gasteiger partial charge in [-0.2, -0.15) is 0 Å². The second-order valence-electron chi connectivity index (χ2n) is 6.73.